The van der Waals surface area contributed by atoms with Crippen LogP contribution in [0, 0.1) is 0 Å². The molecule has 0 aliphatic heterocycles. The molecular weight excluding hydrogens is 188 g/mol. The van der Waals surface area contributed by atoms with Crippen molar-refractivity contribution in [3.63, 3.8) is 0 Å². The molecule has 0 spiro atoms. The third-order valence-electron chi connectivity index (χ3n) is 2.50. The van der Waals surface area contributed by atoms with Crippen molar-refractivity contribution in [1.82, 2.24) is 10.2 Å². The van der Waals surface area contributed by atoms with Gasteiger partial charge in [0.05, 0.1) is 0 Å². The van der Waals surface area contributed by atoms with Gasteiger partial charge in [-0.3, -0.25) is 0 Å². The van der Waals surface area contributed by atoms with Crippen molar-refractivity contribution in [2.75, 3.05) is 0 Å². The molecule has 3 heteroatoms. The van der Waals surface area contributed by atoms with Crippen LogP contribution in [0.5, 0.6) is 0 Å². The molecule has 1 aromatic heterocycles. The van der Waals surface area contributed by atoms with Crippen LogP contribution < -0.4 is 0 Å². The van der Waals surface area contributed by atoms with Crippen LogP contribution in [0.2, 0.25) is 0 Å². The molecule has 0 amide bonds. The molecule has 1 rings (SSSR count). The Labute approximate surface area is 92.3 Å². The first-order valence-electron chi connectivity index (χ1n) is 6.18. The predicted octanol–water partition coefficient (Wildman–Crippen LogP) is 3.54. The Balaban J connectivity index is 2.23. The number of unbranched alkanes of at least 4 members (excludes halogenated alkanes) is 4. The maximum absolute atomic E-state index is 5.55. The summed E-state index contributed by atoms with van der Waals surface area (Å²) >= 11 is 0. The molecule has 15 heavy (non-hydrogen) atoms. The number of rotatable bonds is 8. The quantitative estimate of drug-likeness (QED) is 0.616. The lowest BCUT2D eigenvalue weighted by Crippen LogP contribution is -1.84. The van der Waals surface area contributed by atoms with Crippen LogP contribution in [-0.2, 0) is 12.8 Å². The number of aryl methyl sites for hydroxylation is 2. The molecule has 0 radical (unpaired) electrons. The Morgan fingerprint density at radius 2 is 1.27 bits per heavy atom. The fourth-order valence-electron chi connectivity index (χ4n) is 1.54. The van der Waals surface area contributed by atoms with Gasteiger partial charge in [0.25, 0.3) is 0 Å². The molecule has 0 aromatic carbocycles. The van der Waals surface area contributed by atoms with Crippen molar-refractivity contribution in [1.29, 1.82) is 0 Å². The van der Waals surface area contributed by atoms with Crippen molar-refractivity contribution in [2.45, 2.75) is 65.2 Å². The summed E-state index contributed by atoms with van der Waals surface area (Å²) in [5, 5.41) is 8.10. The van der Waals surface area contributed by atoms with Crippen LogP contribution in [0.4, 0.5) is 0 Å². The summed E-state index contributed by atoms with van der Waals surface area (Å²) in [6.45, 7) is 4.40. The van der Waals surface area contributed by atoms with E-state index >= 15 is 0 Å². The zero-order valence-corrected chi connectivity index (χ0v) is 9.96. The van der Waals surface area contributed by atoms with Gasteiger partial charge in [-0.1, -0.05) is 39.5 Å². The Hall–Kier alpha value is -0.860. The van der Waals surface area contributed by atoms with E-state index in [-0.39, 0.29) is 0 Å². The lowest BCUT2D eigenvalue weighted by atomic mass is 10.2. The molecule has 0 fully saturated rings. The Morgan fingerprint density at radius 3 is 1.67 bits per heavy atom. The number of aromatic nitrogens is 2. The van der Waals surface area contributed by atoms with Gasteiger partial charge in [0.1, 0.15) is 0 Å². The SMILES string of the molecule is CCCCCc1nnc(CCCCC)o1. The molecule has 0 aliphatic carbocycles. The molecule has 3 nitrogen and oxygen atoms in total. The van der Waals surface area contributed by atoms with Gasteiger partial charge >= 0.3 is 0 Å². The van der Waals surface area contributed by atoms with Crippen LogP contribution in [0.15, 0.2) is 4.42 Å². The van der Waals surface area contributed by atoms with Gasteiger partial charge in [-0.2, -0.15) is 0 Å². The highest BCUT2D eigenvalue weighted by Gasteiger charge is 2.04. The number of nitrogens with zero attached hydrogens (tertiary/aromatic N) is 2. The highest BCUT2D eigenvalue weighted by molar-refractivity contribution is 4.82. The lowest BCUT2D eigenvalue weighted by molar-refractivity contribution is 0.435. The molecule has 0 aliphatic rings. The molecule has 1 aromatic rings. The van der Waals surface area contributed by atoms with Crippen molar-refractivity contribution in [3.8, 4) is 0 Å². The van der Waals surface area contributed by atoms with E-state index in [9.17, 15) is 0 Å². The Bertz CT molecular complexity index is 233. The van der Waals surface area contributed by atoms with Gasteiger partial charge in [0.2, 0.25) is 11.8 Å². The summed E-state index contributed by atoms with van der Waals surface area (Å²) in [5.74, 6) is 1.63. The van der Waals surface area contributed by atoms with Gasteiger partial charge in [-0.15, -0.1) is 10.2 Å². The molecular formula is C12H22N2O. The third-order valence-corrected chi connectivity index (χ3v) is 2.50. The lowest BCUT2D eigenvalue weighted by Gasteiger charge is -1.94. The molecule has 0 N–H and O–H groups in total. The van der Waals surface area contributed by atoms with Crippen molar-refractivity contribution in [2.24, 2.45) is 0 Å². The topological polar surface area (TPSA) is 38.9 Å². The Morgan fingerprint density at radius 1 is 0.800 bits per heavy atom. The second-order valence-electron chi connectivity index (χ2n) is 4.00. The standard InChI is InChI=1S/C12H22N2O/c1-3-5-7-9-11-13-14-12(15-11)10-8-6-4-2/h3-10H2,1-2H3. The molecule has 0 atom stereocenters. The second kappa shape index (κ2) is 7.43. The average Bonchev–Trinajstić information content (AvgIpc) is 2.67. The van der Waals surface area contributed by atoms with Gasteiger partial charge in [-0.05, 0) is 12.8 Å². The zero-order chi connectivity index (χ0) is 10.9. The first-order valence-corrected chi connectivity index (χ1v) is 6.18. The van der Waals surface area contributed by atoms with Crippen LogP contribution in [0.1, 0.15) is 64.2 Å². The minimum Gasteiger partial charge on any atom is -0.425 e. The zero-order valence-electron chi connectivity index (χ0n) is 9.96. The van der Waals surface area contributed by atoms with E-state index in [0.717, 1.165) is 37.5 Å². The second-order valence-corrected chi connectivity index (χ2v) is 4.00. The van der Waals surface area contributed by atoms with Gasteiger partial charge < -0.3 is 4.42 Å². The predicted molar refractivity (Wildman–Crippen MR) is 60.8 cm³/mol. The summed E-state index contributed by atoms with van der Waals surface area (Å²) in [6.07, 6.45) is 9.15. The average molecular weight is 210 g/mol. The normalized spacial score (nSPS) is 10.8. The molecule has 86 valence electrons. The molecule has 0 saturated carbocycles. The van der Waals surface area contributed by atoms with Crippen LogP contribution >= 0.6 is 0 Å². The maximum Gasteiger partial charge on any atom is 0.216 e. The van der Waals surface area contributed by atoms with Crippen molar-refractivity contribution < 1.29 is 4.42 Å². The van der Waals surface area contributed by atoms with E-state index in [1.165, 1.54) is 25.7 Å². The van der Waals surface area contributed by atoms with Gasteiger partial charge in [0, 0.05) is 12.8 Å². The summed E-state index contributed by atoms with van der Waals surface area (Å²) < 4.78 is 5.55. The van der Waals surface area contributed by atoms with Crippen LogP contribution in [-0.4, -0.2) is 10.2 Å². The number of hydrogen-bond acceptors (Lipinski definition) is 3. The highest BCUT2D eigenvalue weighted by Crippen LogP contribution is 2.08. The minimum absolute atomic E-state index is 0.815. The molecule has 1 heterocycles. The fraction of sp³-hybridized carbons (Fsp3) is 0.833. The van der Waals surface area contributed by atoms with E-state index in [0.29, 0.717) is 0 Å². The monoisotopic (exact) mass is 210 g/mol. The van der Waals surface area contributed by atoms with E-state index in [2.05, 4.69) is 24.0 Å². The first kappa shape index (κ1) is 12.2. The van der Waals surface area contributed by atoms with Gasteiger partial charge in [-0.25, -0.2) is 0 Å². The molecule has 0 saturated heterocycles. The number of hydrogen-bond donors (Lipinski definition) is 0. The first-order chi connectivity index (χ1) is 7.36. The molecule has 0 bridgehead atoms. The van der Waals surface area contributed by atoms with Crippen molar-refractivity contribution in [3.05, 3.63) is 11.8 Å². The smallest absolute Gasteiger partial charge is 0.216 e. The highest BCUT2D eigenvalue weighted by atomic mass is 16.4. The Kier molecular flexibility index (Phi) is 6.05. The summed E-state index contributed by atoms with van der Waals surface area (Å²) in [6, 6.07) is 0. The summed E-state index contributed by atoms with van der Waals surface area (Å²) in [4.78, 5) is 0. The van der Waals surface area contributed by atoms with Crippen molar-refractivity contribution >= 4 is 0 Å². The molecule has 0 unspecified atom stereocenters. The minimum atomic E-state index is 0.815. The van der Waals surface area contributed by atoms with Gasteiger partial charge in [0.15, 0.2) is 0 Å². The fourth-order valence-corrected chi connectivity index (χ4v) is 1.54. The van der Waals surface area contributed by atoms with Crippen LogP contribution in [0.25, 0.3) is 0 Å². The maximum atomic E-state index is 5.55. The van der Waals surface area contributed by atoms with E-state index in [1.54, 1.807) is 0 Å². The van der Waals surface area contributed by atoms with E-state index in [4.69, 9.17) is 4.42 Å². The third kappa shape index (κ3) is 4.96. The van der Waals surface area contributed by atoms with E-state index in [1.807, 2.05) is 0 Å². The summed E-state index contributed by atoms with van der Waals surface area (Å²) in [7, 11) is 0. The van der Waals surface area contributed by atoms with Crippen LogP contribution in [0.3, 0.4) is 0 Å². The largest absolute Gasteiger partial charge is 0.425 e. The van der Waals surface area contributed by atoms with E-state index < -0.39 is 0 Å². The summed E-state index contributed by atoms with van der Waals surface area (Å²) in [5.41, 5.74) is 0.